The Morgan fingerprint density at radius 1 is 1.18 bits per heavy atom. The van der Waals surface area contributed by atoms with Gasteiger partial charge in [-0.2, -0.15) is 0 Å². The van der Waals surface area contributed by atoms with Crippen molar-refractivity contribution in [3.05, 3.63) is 35.4 Å². The molecular formula is C18H22N2OS. The minimum Gasteiger partial charge on any atom is -0.342 e. The van der Waals surface area contributed by atoms with Gasteiger partial charge >= 0.3 is 0 Å². The van der Waals surface area contributed by atoms with E-state index in [1.165, 1.54) is 17.4 Å². The molecule has 0 radical (unpaired) electrons. The standard InChI is InChI=1S/C18H22N2OS/c1-13-7-6-8-15-11-14(2)18(19-17(13)15)22-12-16(21)20-9-4-3-5-10-20/h6-8,11H,3-5,9-10,12H2,1-2H3. The molecule has 2 aromatic rings. The van der Waals surface area contributed by atoms with E-state index < -0.39 is 0 Å². The number of aryl methyl sites for hydroxylation is 2. The Bertz CT molecular complexity index is 693. The predicted molar refractivity (Wildman–Crippen MR) is 92.4 cm³/mol. The molecule has 0 aliphatic carbocycles. The molecule has 1 aromatic heterocycles. The summed E-state index contributed by atoms with van der Waals surface area (Å²) >= 11 is 1.57. The van der Waals surface area contributed by atoms with Crippen molar-refractivity contribution in [3.8, 4) is 0 Å². The topological polar surface area (TPSA) is 33.2 Å². The fourth-order valence-electron chi connectivity index (χ4n) is 2.95. The molecule has 3 rings (SSSR count). The molecule has 0 spiro atoms. The molecule has 1 saturated heterocycles. The second-order valence-corrected chi connectivity index (χ2v) is 6.95. The van der Waals surface area contributed by atoms with Gasteiger partial charge in [0.1, 0.15) is 5.03 Å². The highest BCUT2D eigenvalue weighted by atomic mass is 32.2. The number of aromatic nitrogens is 1. The minimum atomic E-state index is 0.246. The van der Waals surface area contributed by atoms with Gasteiger partial charge in [0.15, 0.2) is 0 Å². The second kappa shape index (κ2) is 6.69. The first-order valence-corrected chi connectivity index (χ1v) is 8.91. The van der Waals surface area contributed by atoms with Gasteiger partial charge in [-0.25, -0.2) is 4.98 Å². The number of likely N-dealkylation sites (tertiary alicyclic amines) is 1. The number of carbonyl (C=O) groups excluding carboxylic acids is 1. The second-order valence-electron chi connectivity index (χ2n) is 5.99. The highest BCUT2D eigenvalue weighted by Crippen LogP contribution is 2.26. The van der Waals surface area contributed by atoms with Crippen LogP contribution in [0.2, 0.25) is 0 Å². The molecule has 1 amide bonds. The summed E-state index contributed by atoms with van der Waals surface area (Å²) in [6.07, 6.45) is 3.53. The van der Waals surface area contributed by atoms with Crippen LogP contribution in [0, 0.1) is 13.8 Å². The van der Waals surface area contributed by atoms with Crippen molar-refractivity contribution in [2.24, 2.45) is 0 Å². The van der Waals surface area contributed by atoms with Crippen molar-refractivity contribution in [2.75, 3.05) is 18.8 Å². The maximum absolute atomic E-state index is 12.3. The number of thioether (sulfide) groups is 1. The third-order valence-corrected chi connectivity index (χ3v) is 5.31. The smallest absolute Gasteiger partial charge is 0.232 e. The lowest BCUT2D eigenvalue weighted by Crippen LogP contribution is -2.36. The molecule has 1 fully saturated rings. The van der Waals surface area contributed by atoms with Crippen LogP contribution < -0.4 is 0 Å². The first-order chi connectivity index (χ1) is 10.6. The highest BCUT2D eigenvalue weighted by Gasteiger charge is 2.17. The van der Waals surface area contributed by atoms with E-state index in [9.17, 15) is 4.79 Å². The lowest BCUT2D eigenvalue weighted by atomic mass is 10.1. The molecule has 116 valence electrons. The van der Waals surface area contributed by atoms with E-state index in [2.05, 4.69) is 38.1 Å². The third-order valence-electron chi connectivity index (χ3n) is 4.23. The van der Waals surface area contributed by atoms with Crippen LogP contribution >= 0.6 is 11.8 Å². The van der Waals surface area contributed by atoms with E-state index in [1.54, 1.807) is 11.8 Å². The van der Waals surface area contributed by atoms with Gasteiger partial charge in [0.05, 0.1) is 11.3 Å². The first kappa shape index (κ1) is 15.3. The molecule has 22 heavy (non-hydrogen) atoms. The Balaban J connectivity index is 1.74. The highest BCUT2D eigenvalue weighted by molar-refractivity contribution is 7.99. The van der Waals surface area contributed by atoms with Gasteiger partial charge in [0, 0.05) is 18.5 Å². The molecule has 1 aliphatic heterocycles. The zero-order valence-corrected chi connectivity index (χ0v) is 14.1. The summed E-state index contributed by atoms with van der Waals surface area (Å²) in [6.45, 7) is 5.99. The van der Waals surface area contributed by atoms with Crippen LogP contribution in [0.25, 0.3) is 10.9 Å². The number of amides is 1. The van der Waals surface area contributed by atoms with Crippen molar-refractivity contribution in [1.82, 2.24) is 9.88 Å². The Hall–Kier alpha value is -1.55. The third kappa shape index (κ3) is 3.27. The monoisotopic (exact) mass is 314 g/mol. The number of para-hydroxylation sites is 1. The molecule has 3 nitrogen and oxygen atoms in total. The normalized spacial score (nSPS) is 15.3. The molecule has 0 N–H and O–H groups in total. The summed E-state index contributed by atoms with van der Waals surface area (Å²) in [7, 11) is 0. The molecular weight excluding hydrogens is 292 g/mol. The number of carbonyl (C=O) groups is 1. The zero-order chi connectivity index (χ0) is 15.5. The Kier molecular flexibility index (Phi) is 4.67. The first-order valence-electron chi connectivity index (χ1n) is 7.93. The Morgan fingerprint density at radius 2 is 1.95 bits per heavy atom. The average Bonchev–Trinajstić information content (AvgIpc) is 2.54. The van der Waals surface area contributed by atoms with Crippen LogP contribution in [-0.2, 0) is 4.79 Å². The van der Waals surface area contributed by atoms with Gasteiger partial charge in [0.2, 0.25) is 5.91 Å². The number of benzene rings is 1. The van der Waals surface area contributed by atoms with E-state index in [4.69, 9.17) is 4.98 Å². The van der Waals surface area contributed by atoms with Crippen molar-refractivity contribution < 1.29 is 4.79 Å². The van der Waals surface area contributed by atoms with E-state index in [-0.39, 0.29) is 5.91 Å². The number of fused-ring (bicyclic) bond motifs is 1. The fraction of sp³-hybridized carbons (Fsp3) is 0.444. The van der Waals surface area contributed by atoms with E-state index in [0.29, 0.717) is 5.75 Å². The van der Waals surface area contributed by atoms with Gasteiger partial charge < -0.3 is 4.90 Å². The van der Waals surface area contributed by atoms with Gasteiger partial charge in [0.25, 0.3) is 0 Å². The summed E-state index contributed by atoms with van der Waals surface area (Å²) in [5, 5.41) is 2.15. The van der Waals surface area contributed by atoms with Crippen molar-refractivity contribution in [2.45, 2.75) is 38.1 Å². The van der Waals surface area contributed by atoms with Gasteiger partial charge in [-0.15, -0.1) is 0 Å². The summed E-state index contributed by atoms with van der Waals surface area (Å²) in [5.74, 6) is 0.737. The summed E-state index contributed by atoms with van der Waals surface area (Å²) in [4.78, 5) is 19.1. The number of piperidine rings is 1. The SMILES string of the molecule is Cc1cc2cccc(C)c2nc1SCC(=O)N1CCCCC1. The number of hydrogen-bond donors (Lipinski definition) is 0. The van der Waals surface area contributed by atoms with Crippen molar-refractivity contribution in [1.29, 1.82) is 0 Å². The number of hydrogen-bond acceptors (Lipinski definition) is 3. The maximum atomic E-state index is 12.3. The molecule has 1 aromatic carbocycles. The minimum absolute atomic E-state index is 0.246. The zero-order valence-electron chi connectivity index (χ0n) is 13.3. The van der Waals surface area contributed by atoms with Crippen LogP contribution in [-0.4, -0.2) is 34.6 Å². The largest absolute Gasteiger partial charge is 0.342 e. The Labute approximate surface area is 136 Å². The van der Waals surface area contributed by atoms with Gasteiger partial charge in [-0.1, -0.05) is 30.0 Å². The fourth-order valence-corrected chi connectivity index (χ4v) is 3.83. The van der Waals surface area contributed by atoms with Crippen LogP contribution in [0.1, 0.15) is 30.4 Å². The molecule has 0 bridgehead atoms. The molecule has 0 atom stereocenters. The van der Waals surface area contributed by atoms with Crippen LogP contribution in [0.3, 0.4) is 0 Å². The van der Waals surface area contributed by atoms with E-state index in [0.717, 1.165) is 42.0 Å². The Morgan fingerprint density at radius 3 is 2.73 bits per heavy atom. The van der Waals surface area contributed by atoms with Gasteiger partial charge in [-0.05, 0) is 50.3 Å². The molecule has 4 heteroatoms. The number of pyridine rings is 1. The van der Waals surface area contributed by atoms with E-state index >= 15 is 0 Å². The van der Waals surface area contributed by atoms with Crippen LogP contribution in [0.5, 0.6) is 0 Å². The van der Waals surface area contributed by atoms with Gasteiger partial charge in [-0.3, -0.25) is 4.79 Å². The lowest BCUT2D eigenvalue weighted by Gasteiger charge is -2.26. The van der Waals surface area contributed by atoms with Crippen molar-refractivity contribution in [3.63, 3.8) is 0 Å². The van der Waals surface area contributed by atoms with E-state index in [1.807, 2.05) is 4.90 Å². The molecule has 0 unspecified atom stereocenters. The lowest BCUT2D eigenvalue weighted by molar-refractivity contribution is -0.129. The number of rotatable bonds is 3. The molecule has 2 heterocycles. The summed E-state index contributed by atoms with van der Waals surface area (Å²) in [5.41, 5.74) is 3.37. The molecule has 0 saturated carbocycles. The number of nitrogens with zero attached hydrogens (tertiary/aromatic N) is 2. The predicted octanol–water partition coefficient (Wildman–Crippen LogP) is 3.96. The summed E-state index contributed by atoms with van der Waals surface area (Å²) < 4.78 is 0. The maximum Gasteiger partial charge on any atom is 0.232 e. The van der Waals surface area contributed by atoms with Crippen LogP contribution in [0.4, 0.5) is 0 Å². The molecule has 1 aliphatic rings. The van der Waals surface area contributed by atoms with Crippen molar-refractivity contribution >= 4 is 28.6 Å². The van der Waals surface area contributed by atoms with Crippen LogP contribution in [0.15, 0.2) is 29.3 Å². The quantitative estimate of drug-likeness (QED) is 0.804. The average molecular weight is 314 g/mol. The summed E-state index contributed by atoms with van der Waals surface area (Å²) in [6, 6.07) is 8.40.